The lowest BCUT2D eigenvalue weighted by Gasteiger charge is -2.22. The van der Waals surface area contributed by atoms with Crippen LogP contribution in [0.25, 0.3) is 0 Å². The summed E-state index contributed by atoms with van der Waals surface area (Å²) < 4.78 is 10.2. The minimum atomic E-state index is -0.662. The molecule has 1 N–H and O–H groups in total. The fraction of sp³-hybridized carbons (Fsp3) is 0.312. The fourth-order valence-electron chi connectivity index (χ4n) is 2.14. The van der Waals surface area contributed by atoms with E-state index in [1.165, 1.54) is 6.20 Å². The topological polar surface area (TPSA) is 87.0 Å². The average Bonchev–Trinajstić information content (AvgIpc) is 3.04. The number of carbonyl (C=O) groups is 1. The number of nitriles is 1. The lowest BCUT2D eigenvalue weighted by Crippen LogP contribution is -2.36. The Bertz CT molecular complexity index is 676. The van der Waals surface area contributed by atoms with Gasteiger partial charge in [0.05, 0.1) is 25.9 Å². The second kappa shape index (κ2) is 7.84. The van der Waals surface area contributed by atoms with Gasteiger partial charge in [-0.15, -0.1) is 0 Å². The Hall–Kier alpha value is -3.01. The summed E-state index contributed by atoms with van der Waals surface area (Å²) in [6.45, 7) is 3.18. The number of nitrogens with zero attached hydrogens (tertiary/aromatic N) is 3. The second-order valence-electron chi connectivity index (χ2n) is 4.56. The Morgan fingerprint density at radius 2 is 2.30 bits per heavy atom. The molecule has 0 unspecified atom stereocenters. The maximum Gasteiger partial charge on any atom is 0.350 e. The molecule has 0 atom stereocenters. The highest BCUT2D eigenvalue weighted by Gasteiger charge is 2.21. The van der Waals surface area contributed by atoms with Crippen LogP contribution in [0.3, 0.4) is 0 Å². The molecule has 0 saturated carbocycles. The standard InChI is InChI=1S/C16H18N4O3/c1-3-23-15(21)12(10-17)11-19-16-18-8-9-20(16)13-6-4-5-7-14(13)22-2/h4-7,11H,3,8-9H2,1-2H3,(H,18,19). The molecule has 1 heterocycles. The van der Waals surface area contributed by atoms with Crippen molar-refractivity contribution >= 4 is 17.6 Å². The molecule has 0 fully saturated rings. The van der Waals surface area contributed by atoms with Crippen molar-refractivity contribution in [2.75, 3.05) is 31.7 Å². The first-order chi connectivity index (χ1) is 11.2. The molecular formula is C16H18N4O3. The number of para-hydroxylation sites is 2. The lowest BCUT2D eigenvalue weighted by atomic mass is 10.2. The van der Waals surface area contributed by atoms with Crippen molar-refractivity contribution in [1.82, 2.24) is 5.32 Å². The molecule has 0 aliphatic carbocycles. The summed E-state index contributed by atoms with van der Waals surface area (Å²) in [7, 11) is 1.60. The molecule has 2 rings (SSSR count). The van der Waals surface area contributed by atoms with Gasteiger partial charge in [0.15, 0.2) is 5.57 Å². The number of benzene rings is 1. The van der Waals surface area contributed by atoms with Crippen LogP contribution in [0.4, 0.5) is 5.69 Å². The summed E-state index contributed by atoms with van der Waals surface area (Å²) in [5, 5.41) is 11.9. The third kappa shape index (κ3) is 3.80. The van der Waals surface area contributed by atoms with Crippen LogP contribution in [0.1, 0.15) is 6.92 Å². The maximum atomic E-state index is 11.6. The van der Waals surface area contributed by atoms with Gasteiger partial charge in [-0.25, -0.2) is 4.79 Å². The van der Waals surface area contributed by atoms with Crippen molar-refractivity contribution < 1.29 is 14.3 Å². The molecule has 0 amide bonds. The molecule has 0 radical (unpaired) electrons. The summed E-state index contributed by atoms with van der Waals surface area (Å²) in [6.07, 6.45) is 1.31. The maximum absolute atomic E-state index is 11.6. The number of guanidine groups is 1. The van der Waals surface area contributed by atoms with Gasteiger partial charge >= 0.3 is 5.97 Å². The molecule has 7 nitrogen and oxygen atoms in total. The fourth-order valence-corrected chi connectivity index (χ4v) is 2.14. The van der Waals surface area contributed by atoms with Gasteiger partial charge in [0.1, 0.15) is 11.8 Å². The summed E-state index contributed by atoms with van der Waals surface area (Å²) in [4.78, 5) is 17.9. The van der Waals surface area contributed by atoms with E-state index >= 15 is 0 Å². The van der Waals surface area contributed by atoms with Crippen LogP contribution < -0.4 is 15.0 Å². The SMILES string of the molecule is CCOC(=O)C(C#N)=CNC1=NCCN1c1ccccc1OC. The molecule has 0 saturated heterocycles. The summed E-state index contributed by atoms with van der Waals surface area (Å²) in [5.41, 5.74) is 0.753. The number of esters is 1. The van der Waals surface area contributed by atoms with Gasteiger partial charge in [-0.1, -0.05) is 12.1 Å². The van der Waals surface area contributed by atoms with Crippen LogP contribution in [0.15, 0.2) is 41.0 Å². The Labute approximate surface area is 134 Å². The van der Waals surface area contributed by atoms with E-state index in [4.69, 9.17) is 14.7 Å². The molecule has 0 bridgehead atoms. The minimum Gasteiger partial charge on any atom is -0.495 e. The van der Waals surface area contributed by atoms with Crippen LogP contribution >= 0.6 is 0 Å². The van der Waals surface area contributed by atoms with Gasteiger partial charge in [0, 0.05) is 12.7 Å². The van der Waals surface area contributed by atoms with E-state index in [2.05, 4.69) is 10.3 Å². The monoisotopic (exact) mass is 314 g/mol. The van der Waals surface area contributed by atoms with Crippen molar-refractivity contribution in [3.63, 3.8) is 0 Å². The van der Waals surface area contributed by atoms with Crippen LogP contribution in [-0.4, -0.2) is 38.7 Å². The number of ether oxygens (including phenoxy) is 2. The number of rotatable bonds is 5. The van der Waals surface area contributed by atoms with Crippen LogP contribution in [0, 0.1) is 11.3 Å². The number of methoxy groups -OCH3 is 1. The van der Waals surface area contributed by atoms with Gasteiger partial charge in [-0.3, -0.25) is 4.99 Å². The zero-order valence-electron chi connectivity index (χ0n) is 13.1. The van der Waals surface area contributed by atoms with Gasteiger partial charge in [0.25, 0.3) is 0 Å². The van der Waals surface area contributed by atoms with Crippen LogP contribution in [0.2, 0.25) is 0 Å². The number of anilines is 1. The molecule has 23 heavy (non-hydrogen) atoms. The highest BCUT2D eigenvalue weighted by molar-refractivity contribution is 6.00. The quantitative estimate of drug-likeness (QED) is 0.502. The zero-order chi connectivity index (χ0) is 16.7. The molecule has 1 aromatic carbocycles. The van der Waals surface area contributed by atoms with Gasteiger partial charge < -0.3 is 19.7 Å². The second-order valence-corrected chi connectivity index (χ2v) is 4.56. The molecule has 7 heteroatoms. The molecule has 1 aliphatic rings. The van der Waals surface area contributed by atoms with E-state index in [9.17, 15) is 4.79 Å². The van der Waals surface area contributed by atoms with E-state index in [1.54, 1.807) is 14.0 Å². The normalized spacial score (nSPS) is 14.0. The van der Waals surface area contributed by atoms with Gasteiger partial charge in [0.2, 0.25) is 5.96 Å². The Morgan fingerprint density at radius 1 is 1.52 bits per heavy atom. The molecular weight excluding hydrogens is 296 g/mol. The van der Waals surface area contributed by atoms with E-state index < -0.39 is 5.97 Å². The van der Waals surface area contributed by atoms with E-state index in [1.807, 2.05) is 35.2 Å². The number of carbonyl (C=O) groups excluding carboxylic acids is 1. The lowest BCUT2D eigenvalue weighted by molar-refractivity contribution is -0.138. The molecule has 120 valence electrons. The molecule has 1 aromatic rings. The minimum absolute atomic E-state index is 0.110. The molecule has 1 aliphatic heterocycles. The van der Waals surface area contributed by atoms with Crippen molar-refractivity contribution in [3.8, 4) is 11.8 Å². The van der Waals surface area contributed by atoms with Crippen LogP contribution in [0.5, 0.6) is 5.75 Å². The number of hydrogen-bond donors (Lipinski definition) is 1. The predicted molar refractivity (Wildman–Crippen MR) is 86.1 cm³/mol. The van der Waals surface area contributed by atoms with E-state index in [0.29, 0.717) is 19.0 Å². The van der Waals surface area contributed by atoms with Crippen molar-refractivity contribution in [2.24, 2.45) is 4.99 Å². The van der Waals surface area contributed by atoms with Gasteiger partial charge in [-0.2, -0.15) is 5.26 Å². The van der Waals surface area contributed by atoms with Crippen molar-refractivity contribution in [1.29, 1.82) is 5.26 Å². The average molecular weight is 314 g/mol. The van der Waals surface area contributed by atoms with Gasteiger partial charge in [-0.05, 0) is 19.1 Å². The summed E-state index contributed by atoms with van der Waals surface area (Å²) in [6, 6.07) is 9.39. The van der Waals surface area contributed by atoms with Crippen molar-refractivity contribution in [3.05, 3.63) is 36.0 Å². The highest BCUT2D eigenvalue weighted by atomic mass is 16.5. The summed E-state index contributed by atoms with van der Waals surface area (Å²) in [5.74, 6) is 0.607. The molecule has 0 aromatic heterocycles. The highest BCUT2D eigenvalue weighted by Crippen LogP contribution is 2.28. The Morgan fingerprint density at radius 3 is 3.00 bits per heavy atom. The van der Waals surface area contributed by atoms with E-state index in [0.717, 1.165) is 11.4 Å². The largest absolute Gasteiger partial charge is 0.495 e. The Kier molecular flexibility index (Phi) is 5.58. The zero-order valence-corrected chi connectivity index (χ0v) is 13.1. The third-order valence-corrected chi connectivity index (χ3v) is 3.18. The number of hydrogen-bond acceptors (Lipinski definition) is 7. The summed E-state index contributed by atoms with van der Waals surface area (Å²) >= 11 is 0. The first-order valence-electron chi connectivity index (χ1n) is 7.20. The predicted octanol–water partition coefficient (Wildman–Crippen LogP) is 1.43. The number of aliphatic imine (C=N–C) groups is 1. The van der Waals surface area contributed by atoms with Crippen molar-refractivity contribution in [2.45, 2.75) is 6.92 Å². The van der Waals surface area contributed by atoms with Crippen LogP contribution in [-0.2, 0) is 9.53 Å². The third-order valence-electron chi connectivity index (χ3n) is 3.18. The Balaban J connectivity index is 2.17. The van der Waals surface area contributed by atoms with E-state index in [-0.39, 0.29) is 12.2 Å². The first-order valence-corrected chi connectivity index (χ1v) is 7.20. The smallest absolute Gasteiger partial charge is 0.350 e. The first kappa shape index (κ1) is 16.4. The number of nitrogens with one attached hydrogen (secondary N) is 1. The molecule has 0 spiro atoms.